The molecule has 0 bridgehead atoms. The molecule has 0 spiro atoms. The van der Waals surface area contributed by atoms with Crippen molar-refractivity contribution in [1.29, 1.82) is 0 Å². The minimum absolute atomic E-state index is 0.208. The van der Waals surface area contributed by atoms with Crippen LogP contribution in [0.15, 0.2) is 24.5 Å². The summed E-state index contributed by atoms with van der Waals surface area (Å²) in [4.78, 5) is 15.3. The molecule has 0 aromatic carbocycles. The number of aromatic nitrogens is 2. The van der Waals surface area contributed by atoms with Gasteiger partial charge in [0.1, 0.15) is 11.8 Å². The largest absolute Gasteiger partial charge is 0.439 e. The lowest BCUT2D eigenvalue weighted by Gasteiger charge is -2.05. The highest BCUT2D eigenvalue weighted by molar-refractivity contribution is 5.82. The first-order chi connectivity index (χ1) is 7.75. The molecule has 1 saturated heterocycles. The highest BCUT2D eigenvalue weighted by Crippen LogP contribution is 2.28. The van der Waals surface area contributed by atoms with E-state index >= 15 is 0 Å². The fourth-order valence-electron chi connectivity index (χ4n) is 2.06. The Morgan fingerprint density at radius 1 is 1.62 bits per heavy atom. The maximum Gasteiger partial charge on any atom is 0.407 e. The van der Waals surface area contributed by atoms with Gasteiger partial charge < -0.3 is 14.6 Å². The number of aryl methyl sites for hydroxylation is 1. The second-order valence-corrected chi connectivity index (χ2v) is 3.84. The number of hydrogen-bond acceptors (Lipinski definition) is 3. The molecule has 1 aliphatic heterocycles. The molecule has 1 N–H and O–H groups in total. The van der Waals surface area contributed by atoms with Crippen LogP contribution >= 0.6 is 0 Å². The first kappa shape index (κ1) is 9.21. The third-order valence-electron chi connectivity index (χ3n) is 2.79. The van der Waals surface area contributed by atoms with Crippen molar-refractivity contribution in [2.75, 3.05) is 6.54 Å². The van der Waals surface area contributed by atoms with Crippen LogP contribution in [0.2, 0.25) is 0 Å². The minimum Gasteiger partial charge on any atom is -0.439 e. The van der Waals surface area contributed by atoms with Crippen molar-refractivity contribution < 1.29 is 9.53 Å². The van der Waals surface area contributed by atoms with Crippen molar-refractivity contribution >= 4 is 17.1 Å². The molecule has 3 rings (SSSR count). The number of fused-ring (bicyclic) bond motifs is 1. The first-order valence-corrected chi connectivity index (χ1v) is 5.10. The first-order valence-electron chi connectivity index (χ1n) is 5.10. The highest BCUT2D eigenvalue weighted by atomic mass is 16.6. The van der Waals surface area contributed by atoms with Crippen molar-refractivity contribution in [3.63, 3.8) is 0 Å². The summed E-state index contributed by atoms with van der Waals surface area (Å²) >= 11 is 0. The van der Waals surface area contributed by atoms with Crippen molar-refractivity contribution in [3.8, 4) is 0 Å². The zero-order valence-corrected chi connectivity index (χ0v) is 8.80. The molecule has 5 nitrogen and oxygen atoms in total. The average molecular weight is 217 g/mol. The van der Waals surface area contributed by atoms with Crippen molar-refractivity contribution in [2.24, 2.45) is 7.05 Å². The van der Waals surface area contributed by atoms with Gasteiger partial charge in [0.05, 0.1) is 6.54 Å². The van der Waals surface area contributed by atoms with Crippen LogP contribution in [0, 0.1) is 0 Å². The van der Waals surface area contributed by atoms with Gasteiger partial charge in [0.25, 0.3) is 0 Å². The number of nitrogens with zero attached hydrogens (tertiary/aromatic N) is 2. The maximum absolute atomic E-state index is 11.0. The van der Waals surface area contributed by atoms with Crippen LogP contribution in [0.25, 0.3) is 11.0 Å². The predicted octanol–water partition coefficient (Wildman–Crippen LogP) is 1.35. The van der Waals surface area contributed by atoms with Gasteiger partial charge in [-0.05, 0) is 12.1 Å². The molecular formula is C11H11N3O2. The van der Waals surface area contributed by atoms with E-state index in [0.717, 1.165) is 16.6 Å². The van der Waals surface area contributed by atoms with E-state index in [2.05, 4.69) is 10.3 Å². The summed E-state index contributed by atoms with van der Waals surface area (Å²) in [6.45, 7) is 0.521. The second-order valence-electron chi connectivity index (χ2n) is 3.84. The molecule has 16 heavy (non-hydrogen) atoms. The standard InChI is InChI=1S/C11H11N3O2/c1-14-6-8(9-5-13-11(15)16-9)7-3-2-4-12-10(7)14/h2-4,6,9H,5H2,1H3,(H,13,15). The molecule has 82 valence electrons. The Labute approximate surface area is 92.0 Å². The molecule has 1 fully saturated rings. The Kier molecular flexibility index (Phi) is 1.86. The summed E-state index contributed by atoms with van der Waals surface area (Å²) in [7, 11) is 1.93. The number of pyridine rings is 1. The van der Waals surface area contributed by atoms with Gasteiger partial charge in [-0.1, -0.05) is 0 Å². The molecule has 2 aromatic heterocycles. The van der Waals surface area contributed by atoms with Crippen molar-refractivity contribution in [2.45, 2.75) is 6.10 Å². The van der Waals surface area contributed by atoms with Gasteiger partial charge in [-0.15, -0.1) is 0 Å². The summed E-state index contributed by atoms with van der Waals surface area (Å²) in [5.41, 5.74) is 1.91. The molecular weight excluding hydrogens is 206 g/mol. The van der Waals surface area contributed by atoms with E-state index in [1.54, 1.807) is 6.20 Å². The zero-order valence-electron chi connectivity index (χ0n) is 8.80. The van der Waals surface area contributed by atoms with Gasteiger partial charge in [0, 0.05) is 30.4 Å². The van der Waals surface area contributed by atoms with Crippen LogP contribution in [0.5, 0.6) is 0 Å². The molecule has 1 amide bonds. The number of carbonyl (C=O) groups is 1. The Hall–Kier alpha value is -2.04. The van der Waals surface area contributed by atoms with Crippen LogP contribution in [-0.4, -0.2) is 22.2 Å². The van der Waals surface area contributed by atoms with E-state index in [1.165, 1.54) is 0 Å². The number of cyclic esters (lactones) is 1. The van der Waals surface area contributed by atoms with Crippen LogP contribution in [0.1, 0.15) is 11.7 Å². The van der Waals surface area contributed by atoms with Crippen LogP contribution in [0.3, 0.4) is 0 Å². The van der Waals surface area contributed by atoms with Crippen LogP contribution < -0.4 is 5.32 Å². The summed E-state index contributed by atoms with van der Waals surface area (Å²) in [5.74, 6) is 0. The van der Waals surface area contributed by atoms with E-state index in [9.17, 15) is 4.79 Å². The Morgan fingerprint density at radius 3 is 3.25 bits per heavy atom. The van der Waals surface area contributed by atoms with Gasteiger partial charge in [-0.3, -0.25) is 0 Å². The van der Waals surface area contributed by atoms with Gasteiger partial charge in [0.15, 0.2) is 0 Å². The summed E-state index contributed by atoms with van der Waals surface area (Å²) in [5, 5.41) is 3.69. The van der Waals surface area contributed by atoms with Crippen molar-refractivity contribution in [3.05, 3.63) is 30.1 Å². The summed E-state index contributed by atoms with van der Waals surface area (Å²) in [6.07, 6.45) is 3.15. The van der Waals surface area contributed by atoms with Gasteiger partial charge >= 0.3 is 6.09 Å². The predicted molar refractivity (Wildman–Crippen MR) is 57.9 cm³/mol. The molecule has 0 saturated carbocycles. The van der Waals surface area contributed by atoms with Gasteiger partial charge in [-0.2, -0.15) is 0 Å². The average Bonchev–Trinajstić information content (AvgIpc) is 2.84. The lowest BCUT2D eigenvalue weighted by molar-refractivity contribution is 0.141. The molecule has 1 aliphatic rings. The maximum atomic E-state index is 11.0. The number of amides is 1. The number of carbonyl (C=O) groups excluding carboxylic acids is 1. The molecule has 2 aromatic rings. The number of hydrogen-bond donors (Lipinski definition) is 1. The Balaban J connectivity index is 2.13. The van der Waals surface area contributed by atoms with E-state index < -0.39 is 0 Å². The molecule has 1 atom stereocenters. The number of nitrogens with one attached hydrogen (secondary N) is 1. The van der Waals surface area contributed by atoms with Crippen molar-refractivity contribution in [1.82, 2.24) is 14.9 Å². The third kappa shape index (κ3) is 1.25. The quantitative estimate of drug-likeness (QED) is 0.784. The number of ether oxygens (including phenoxy) is 1. The Morgan fingerprint density at radius 2 is 2.50 bits per heavy atom. The summed E-state index contributed by atoms with van der Waals surface area (Å²) < 4.78 is 7.12. The lowest BCUT2D eigenvalue weighted by Crippen LogP contribution is -2.12. The smallest absolute Gasteiger partial charge is 0.407 e. The molecule has 0 radical (unpaired) electrons. The lowest BCUT2D eigenvalue weighted by atomic mass is 10.1. The SMILES string of the molecule is Cn1cc(C2CNC(=O)O2)c2cccnc21. The van der Waals surface area contributed by atoms with E-state index in [1.807, 2.05) is 29.9 Å². The minimum atomic E-state index is -0.356. The van der Waals surface area contributed by atoms with E-state index in [0.29, 0.717) is 6.54 Å². The van der Waals surface area contributed by atoms with E-state index in [4.69, 9.17) is 4.74 Å². The second kappa shape index (κ2) is 3.23. The highest BCUT2D eigenvalue weighted by Gasteiger charge is 2.27. The fourth-order valence-corrected chi connectivity index (χ4v) is 2.06. The van der Waals surface area contributed by atoms with Gasteiger partial charge in [-0.25, -0.2) is 9.78 Å². The molecule has 0 aliphatic carbocycles. The van der Waals surface area contributed by atoms with Crippen LogP contribution in [-0.2, 0) is 11.8 Å². The number of rotatable bonds is 1. The molecule has 3 heterocycles. The topological polar surface area (TPSA) is 56.2 Å². The van der Waals surface area contributed by atoms with E-state index in [-0.39, 0.29) is 12.2 Å². The zero-order chi connectivity index (χ0) is 11.1. The normalized spacial score (nSPS) is 19.8. The monoisotopic (exact) mass is 217 g/mol. The molecule has 1 unspecified atom stereocenters. The number of alkyl carbamates (subject to hydrolysis) is 1. The van der Waals surface area contributed by atoms with Gasteiger partial charge in [0.2, 0.25) is 0 Å². The summed E-state index contributed by atoms with van der Waals surface area (Å²) in [6, 6.07) is 3.87. The molecule has 5 heteroatoms. The fraction of sp³-hybridized carbons (Fsp3) is 0.273. The third-order valence-corrected chi connectivity index (χ3v) is 2.79. The van der Waals surface area contributed by atoms with Crippen LogP contribution in [0.4, 0.5) is 4.79 Å². The Bertz CT molecular complexity index is 561.